The van der Waals surface area contributed by atoms with Gasteiger partial charge in [0.25, 0.3) is 0 Å². The molecule has 0 aliphatic carbocycles. The van der Waals surface area contributed by atoms with E-state index in [1.807, 2.05) is 4.90 Å². The van der Waals surface area contributed by atoms with E-state index in [4.69, 9.17) is 5.11 Å². The van der Waals surface area contributed by atoms with Gasteiger partial charge in [-0.25, -0.2) is 4.79 Å². The molecule has 6 nitrogen and oxygen atoms in total. The maximum absolute atomic E-state index is 11.8. The lowest BCUT2D eigenvalue weighted by Gasteiger charge is -2.44. The number of hydrogen-bond acceptors (Lipinski definition) is 3. The number of carbonyl (C=O) groups is 2. The molecular formula is C11H19N3O3. The van der Waals surface area contributed by atoms with Crippen LogP contribution in [0.1, 0.15) is 19.3 Å². The van der Waals surface area contributed by atoms with Crippen LogP contribution in [0.3, 0.4) is 0 Å². The number of aliphatic hydroxyl groups is 1. The number of amides is 3. The van der Waals surface area contributed by atoms with Gasteiger partial charge in [-0.15, -0.1) is 0 Å². The summed E-state index contributed by atoms with van der Waals surface area (Å²) < 4.78 is 0. The largest absolute Gasteiger partial charge is 0.396 e. The van der Waals surface area contributed by atoms with Gasteiger partial charge in [0.15, 0.2) is 0 Å². The lowest BCUT2D eigenvalue weighted by atomic mass is 9.98. The summed E-state index contributed by atoms with van der Waals surface area (Å²) in [7, 11) is 1.60. The Balaban J connectivity index is 2.15. The van der Waals surface area contributed by atoms with E-state index >= 15 is 0 Å². The molecule has 0 aromatic rings. The fourth-order valence-corrected chi connectivity index (χ4v) is 2.91. The fourth-order valence-electron chi connectivity index (χ4n) is 2.91. The average molecular weight is 241 g/mol. The maximum Gasteiger partial charge on any atom is 0.317 e. The first kappa shape index (κ1) is 12.2. The van der Waals surface area contributed by atoms with E-state index in [1.54, 1.807) is 11.9 Å². The van der Waals surface area contributed by atoms with Crippen molar-refractivity contribution in [1.82, 2.24) is 15.1 Å². The first-order valence-electron chi connectivity index (χ1n) is 6.07. The van der Waals surface area contributed by atoms with Crippen LogP contribution in [-0.4, -0.2) is 65.7 Å². The van der Waals surface area contributed by atoms with Crippen molar-refractivity contribution in [2.75, 3.05) is 26.7 Å². The van der Waals surface area contributed by atoms with E-state index in [9.17, 15) is 9.59 Å². The predicted octanol–water partition coefficient (Wildman–Crippen LogP) is -0.617. The number of urea groups is 1. The molecule has 0 aromatic carbocycles. The van der Waals surface area contributed by atoms with Crippen molar-refractivity contribution in [3.63, 3.8) is 0 Å². The molecule has 0 saturated carbocycles. The summed E-state index contributed by atoms with van der Waals surface area (Å²) in [5.74, 6) is 0.175. The summed E-state index contributed by atoms with van der Waals surface area (Å²) in [5.41, 5.74) is 0. The fraction of sp³-hybridized carbons (Fsp3) is 0.818. The highest BCUT2D eigenvalue weighted by molar-refractivity contribution is 5.80. The SMILES string of the molecule is CNC(=O)N1CCN2C(=O)CCC2C1CCO. The Bertz CT molecular complexity index is 321. The number of fused-ring (bicyclic) bond motifs is 1. The topological polar surface area (TPSA) is 72.9 Å². The maximum atomic E-state index is 11.8. The molecule has 2 rings (SSSR count). The number of nitrogens with zero attached hydrogens (tertiary/aromatic N) is 2. The van der Waals surface area contributed by atoms with Crippen LogP contribution in [0, 0.1) is 0 Å². The van der Waals surface area contributed by atoms with Gasteiger partial charge in [0.2, 0.25) is 5.91 Å². The highest BCUT2D eigenvalue weighted by Crippen LogP contribution is 2.29. The molecule has 0 bridgehead atoms. The van der Waals surface area contributed by atoms with Gasteiger partial charge in [-0.1, -0.05) is 0 Å². The molecule has 2 N–H and O–H groups in total. The number of aliphatic hydroxyl groups excluding tert-OH is 1. The van der Waals surface area contributed by atoms with E-state index < -0.39 is 0 Å². The zero-order valence-electron chi connectivity index (χ0n) is 10.1. The minimum absolute atomic E-state index is 0.0384. The van der Waals surface area contributed by atoms with Crippen molar-refractivity contribution in [3.8, 4) is 0 Å². The summed E-state index contributed by atoms with van der Waals surface area (Å²) in [6.45, 7) is 1.20. The standard InChI is InChI=1S/C11H19N3O3/c1-12-11(17)14-6-5-13-8(2-3-10(13)16)9(14)4-7-15/h8-9,15H,2-7H2,1H3,(H,12,17). The summed E-state index contributed by atoms with van der Waals surface area (Å²) in [5, 5.41) is 11.7. The number of piperazine rings is 1. The van der Waals surface area contributed by atoms with E-state index in [-0.39, 0.29) is 30.6 Å². The van der Waals surface area contributed by atoms with Crippen LogP contribution in [0.15, 0.2) is 0 Å². The third-order valence-electron chi connectivity index (χ3n) is 3.70. The average Bonchev–Trinajstić information content (AvgIpc) is 2.71. The molecule has 2 heterocycles. The molecule has 3 amide bonds. The molecular weight excluding hydrogens is 222 g/mol. The number of carbonyl (C=O) groups excluding carboxylic acids is 2. The van der Waals surface area contributed by atoms with Crippen molar-refractivity contribution < 1.29 is 14.7 Å². The second-order valence-electron chi connectivity index (χ2n) is 4.52. The third-order valence-corrected chi connectivity index (χ3v) is 3.70. The zero-order chi connectivity index (χ0) is 12.4. The van der Waals surface area contributed by atoms with Crippen LogP contribution in [0.5, 0.6) is 0 Å². The van der Waals surface area contributed by atoms with Crippen molar-refractivity contribution >= 4 is 11.9 Å². The predicted molar refractivity (Wildman–Crippen MR) is 61.4 cm³/mol. The molecule has 2 fully saturated rings. The Morgan fingerprint density at radius 2 is 2.29 bits per heavy atom. The lowest BCUT2D eigenvalue weighted by Crippen LogP contribution is -2.61. The second-order valence-corrected chi connectivity index (χ2v) is 4.52. The van der Waals surface area contributed by atoms with Crippen LogP contribution in [0.4, 0.5) is 4.79 Å². The quantitative estimate of drug-likeness (QED) is 0.677. The Kier molecular flexibility index (Phi) is 3.51. The van der Waals surface area contributed by atoms with Gasteiger partial charge in [0, 0.05) is 33.2 Å². The Labute approximate surface area is 101 Å². The van der Waals surface area contributed by atoms with E-state index in [0.29, 0.717) is 25.9 Å². The van der Waals surface area contributed by atoms with E-state index in [1.165, 1.54) is 0 Å². The number of rotatable bonds is 2. The molecule has 17 heavy (non-hydrogen) atoms. The molecule has 2 saturated heterocycles. The minimum atomic E-state index is -0.123. The van der Waals surface area contributed by atoms with Crippen LogP contribution >= 0.6 is 0 Å². The van der Waals surface area contributed by atoms with Crippen LogP contribution < -0.4 is 5.32 Å². The van der Waals surface area contributed by atoms with Gasteiger partial charge in [0.1, 0.15) is 0 Å². The summed E-state index contributed by atoms with van der Waals surface area (Å²) in [6, 6.07) is -0.0942. The highest BCUT2D eigenvalue weighted by Gasteiger charge is 2.43. The second kappa shape index (κ2) is 4.91. The van der Waals surface area contributed by atoms with E-state index in [2.05, 4.69) is 5.32 Å². The Morgan fingerprint density at radius 1 is 1.53 bits per heavy atom. The summed E-state index contributed by atoms with van der Waals surface area (Å²) in [4.78, 5) is 27.0. The van der Waals surface area contributed by atoms with Gasteiger partial charge in [-0.3, -0.25) is 4.79 Å². The minimum Gasteiger partial charge on any atom is -0.396 e. The van der Waals surface area contributed by atoms with Crippen molar-refractivity contribution in [2.45, 2.75) is 31.3 Å². The van der Waals surface area contributed by atoms with Gasteiger partial charge in [-0.05, 0) is 12.8 Å². The van der Waals surface area contributed by atoms with Crippen LogP contribution in [-0.2, 0) is 4.79 Å². The van der Waals surface area contributed by atoms with Gasteiger partial charge >= 0.3 is 6.03 Å². The van der Waals surface area contributed by atoms with Crippen molar-refractivity contribution in [1.29, 1.82) is 0 Å². The van der Waals surface area contributed by atoms with Gasteiger partial charge < -0.3 is 20.2 Å². The molecule has 6 heteroatoms. The van der Waals surface area contributed by atoms with Crippen LogP contribution in [0.2, 0.25) is 0 Å². The Hall–Kier alpha value is -1.30. The van der Waals surface area contributed by atoms with Crippen molar-refractivity contribution in [3.05, 3.63) is 0 Å². The van der Waals surface area contributed by atoms with Crippen LogP contribution in [0.25, 0.3) is 0 Å². The highest BCUT2D eigenvalue weighted by atomic mass is 16.3. The molecule has 2 atom stereocenters. The first-order valence-corrected chi connectivity index (χ1v) is 6.07. The molecule has 2 unspecified atom stereocenters. The number of hydrogen-bond donors (Lipinski definition) is 2. The summed E-state index contributed by atoms with van der Waals surface area (Å²) >= 11 is 0. The molecule has 0 spiro atoms. The zero-order valence-corrected chi connectivity index (χ0v) is 10.1. The van der Waals surface area contributed by atoms with E-state index in [0.717, 1.165) is 6.42 Å². The van der Waals surface area contributed by atoms with Crippen molar-refractivity contribution in [2.24, 2.45) is 0 Å². The number of nitrogens with one attached hydrogen (secondary N) is 1. The van der Waals surface area contributed by atoms with Gasteiger partial charge in [-0.2, -0.15) is 0 Å². The molecule has 2 aliphatic rings. The first-order chi connectivity index (χ1) is 8.19. The molecule has 0 radical (unpaired) electrons. The molecule has 96 valence electrons. The van der Waals surface area contributed by atoms with Gasteiger partial charge in [0.05, 0.1) is 12.1 Å². The third kappa shape index (κ3) is 2.09. The summed E-state index contributed by atoms with van der Waals surface area (Å²) in [6.07, 6.45) is 1.88. The smallest absolute Gasteiger partial charge is 0.317 e. The molecule has 2 aliphatic heterocycles. The Morgan fingerprint density at radius 3 is 2.94 bits per heavy atom. The monoisotopic (exact) mass is 241 g/mol. The lowest BCUT2D eigenvalue weighted by molar-refractivity contribution is -0.131. The normalized spacial score (nSPS) is 28.2. The molecule has 0 aromatic heterocycles.